The first-order chi connectivity index (χ1) is 5.08. The number of phosphoric acid groups is 1. The number of imidazole rings is 1. The quantitative estimate of drug-likeness (QED) is 0.446. The van der Waals surface area contributed by atoms with Crippen molar-refractivity contribution in [1.29, 1.82) is 0 Å². The van der Waals surface area contributed by atoms with E-state index in [1.54, 1.807) is 12.4 Å². The standard InChI is InChI=1S/C4H7N2O4P/c7-11(8,9)10-4-6-2-1-5-3-6/h1-3H,4H2,(H2,7,8,9). The van der Waals surface area contributed by atoms with Crippen LogP contribution in [0.1, 0.15) is 0 Å². The summed E-state index contributed by atoms with van der Waals surface area (Å²) in [4.78, 5) is 20.9. The van der Waals surface area contributed by atoms with E-state index in [2.05, 4.69) is 9.51 Å². The van der Waals surface area contributed by atoms with Crippen LogP contribution in [-0.2, 0) is 15.8 Å². The minimum Gasteiger partial charge on any atom is -0.756 e. The Morgan fingerprint density at radius 3 is 3.00 bits per heavy atom. The van der Waals surface area contributed by atoms with Crippen molar-refractivity contribution >= 4 is 7.82 Å². The first kappa shape index (κ1) is 8.42. The van der Waals surface area contributed by atoms with Gasteiger partial charge in [0.2, 0.25) is 6.33 Å². The summed E-state index contributed by atoms with van der Waals surface area (Å²) in [5, 5.41) is 0. The van der Waals surface area contributed by atoms with Crippen molar-refractivity contribution in [1.82, 2.24) is 4.98 Å². The van der Waals surface area contributed by atoms with Gasteiger partial charge in [0.25, 0.3) is 7.82 Å². The molecule has 6 nitrogen and oxygen atoms in total. The van der Waals surface area contributed by atoms with Gasteiger partial charge >= 0.3 is 0 Å². The average molecular weight is 178 g/mol. The molecule has 0 saturated carbocycles. The van der Waals surface area contributed by atoms with Crippen molar-refractivity contribution in [3.05, 3.63) is 18.7 Å². The van der Waals surface area contributed by atoms with Gasteiger partial charge in [-0.15, -0.1) is 0 Å². The molecule has 62 valence electrons. The average Bonchev–Trinajstić information content (AvgIpc) is 2.32. The Kier molecular flexibility index (Phi) is 2.41. The highest BCUT2D eigenvalue weighted by molar-refractivity contribution is 7.44. The Balaban J connectivity index is 2.41. The van der Waals surface area contributed by atoms with E-state index >= 15 is 0 Å². The molecule has 0 aliphatic heterocycles. The molecule has 0 aliphatic carbocycles. The monoisotopic (exact) mass is 178 g/mol. The van der Waals surface area contributed by atoms with E-state index in [9.17, 15) is 9.46 Å². The van der Waals surface area contributed by atoms with E-state index < -0.39 is 7.82 Å². The van der Waals surface area contributed by atoms with E-state index in [0.717, 1.165) is 0 Å². The summed E-state index contributed by atoms with van der Waals surface area (Å²) in [5.74, 6) is 0. The van der Waals surface area contributed by atoms with Gasteiger partial charge in [-0.2, -0.15) is 0 Å². The lowest BCUT2D eigenvalue weighted by Crippen LogP contribution is -2.32. The minimum absolute atomic E-state index is 0.221. The molecule has 1 rings (SSSR count). The molecule has 1 aromatic heterocycles. The van der Waals surface area contributed by atoms with Crippen LogP contribution in [0.25, 0.3) is 0 Å². The van der Waals surface area contributed by atoms with Crippen LogP contribution in [0.15, 0.2) is 18.7 Å². The fraction of sp³-hybridized carbons (Fsp3) is 0.250. The highest BCUT2D eigenvalue weighted by Crippen LogP contribution is 2.29. The molecule has 0 saturated heterocycles. The van der Waals surface area contributed by atoms with Gasteiger partial charge in [-0.05, 0) is 0 Å². The zero-order valence-electron chi connectivity index (χ0n) is 5.51. The predicted molar refractivity (Wildman–Crippen MR) is 31.9 cm³/mol. The molecular formula is C4H7N2O4P. The molecule has 0 aromatic carbocycles. The number of nitrogens with zero attached hydrogens (tertiary/aromatic N) is 1. The van der Waals surface area contributed by atoms with Crippen molar-refractivity contribution in [2.24, 2.45) is 0 Å². The maximum Gasteiger partial charge on any atom is 0.268 e. The molecule has 0 amide bonds. The lowest BCUT2D eigenvalue weighted by molar-refractivity contribution is -0.725. The predicted octanol–water partition coefficient (Wildman–Crippen LogP) is -1.26. The molecule has 0 spiro atoms. The van der Waals surface area contributed by atoms with Crippen LogP contribution in [-0.4, -0.2) is 9.88 Å². The zero-order chi connectivity index (χ0) is 8.32. The third-order valence-corrected chi connectivity index (χ3v) is 1.41. The van der Waals surface area contributed by atoms with Gasteiger partial charge in [-0.25, -0.2) is 4.57 Å². The Morgan fingerprint density at radius 2 is 2.55 bits per heavy atom. The van der Waals surface area contributed by atoms with Gasteiger partial charge < -0.3 is 9.79 Å². The van der Waals surface area contributed by atoms with Crippen molar-refractivity contribution in [3.8, 4) is 0 Å². The van der Waals surface area contributed by atoms with Crippen LogP contribution < -0.4 is 9.46 Å². The van der Waals surface area contributed by atoms with E-state index in [1.165, 1.54) is 10.9 Å². The number of H-pyrrole nitrogens is 1. The van der Waals surface area contributed by atoms with E-state index in [0.29, 0.717) is 0 Å². The molecule has 1 aromatic rings. The summed E-state index contributed by atoms with van der Waals surface area (Å²) in [6.45, 7) is -0.221. The molecule has 2 N–H and O–H groups in total. The minimum atomic E-state index is -4.59. The summed E-state index contributed by atoms with van der Waals surface area (Å²) < 4.78 is 15.6. The smallest absolute Gasteiger partial charge is 0.268 e. The van der Waals surface area contributed by atoms with E-state index in [1.807, 2.05) is 0 Å². The molecule has 11 heavy (non-hydrogen) atoms. The molecule has 0 radical (unpaired) electrons. The first-order valence-corrected chi connectivity index (χ1v) is 4.28. The topological polar surface area (TPSA) is 89.3 Å². The SMILES string of the molecule is O=P([O-])(O)OC[n+]1cc[nH]c1. The normalized spacial score (nSPS) is 16.2. The van der Waals surface area contributed by atoms with Crippen LogP contribution in [0, 0.1) is 0 Å². The van der Waals surface area contributed by atoms with Crippen molar-refractivity contribution in [2.45, 2.75) is 6.73 Å². The number of hydrogen-bond donors (Lipinski definition) is 2. The van der Waals surface area contributed by atoms with Gasteiger partial charge in [-0.1, -0.05) is 0 Å². The number of nitrogens with one attached hydrogen (secondary N) is 1. The maximum atomic E-state index is 10.1. The lowest BCUT2D eigenvalue weighted by Gasteiger charge is -2.12. The lowest BCUT2D eigenvalue weighted by atomic mass is 10.9. The summed E-state index contributed by atoms with van der Waals surface area (Å²) in [7, 11) is -4.59. The van der Waals surface area contributed by atoms with Crippen LogP contribution in [0.4, 0.5) is 0 Å². The molecule has 1 heterocycles. The molecule has 1 unspecified atom stereocenters. The first-order valence-electron chi connectivity index (χ1n) is 2.78. The van der Waals surface area contributed by atoms with Crippen LogP contribution in [0.5, 0.6) is 0 Å². The molecule has 0 bridgehead atoms. The second kappa shape index (κ2) is 3.15. The van der Waals surface area contributed by atoms with Crippen molar-refractivity contribution in [3.63, 3.8) is 0 Å². The van der Waals surface area contributed by atoms with E-state index in [-0.39, 0.29) is 6.73 Å². The Hall–Kier alpha value is -0.680. The summed E-state index contributed by atoms with van der Waals surface area (Å²) in [6.07, 6.45) is 4.65. The van der Waals surface area contributed by atoms with Gasteiger partial charge in [0, 0.05) is 0 Å². The zero-order valence-corrected chi connectivity index (χ0v) is 6.40. The highest BCUT2D eigenvalue weighted by Gasteiger charge is 2.03. The Bertz CT molecular complexity index is 253. The Labute approximate surface area is 62.7 Å². The van der Waals surface area contributed by atoms with Gasteiger partial charge in [0.15, 0.2) is 6.73 Å². The van der Waals surface area contributed by atoms with Gasteiger partial charge in [0.05, 0.1) is 0 Å². The van der Waals surface area contributed by atoms with Crippen molar-refractivity contribution in [2.75, 3.05) is 0 Å². The fourth-order valence-electron chi connectivity index (χ4n) is 0.541. The van der Waals surface area contributed by atoms with Gasteiger partial charge in [-0.3, -0.25) is 14.1 Å². The van der Waals surface area contributed by atoms with Crippen LogP contribution in [0.2, 0.25) is 0 Å². The van der Waals surface area contributed by atoms with Gasteiger partial charge in [0.1, 0.15) is 12.4 Å². The molecule has 0 aliphatic rings. The fourth-order valence-corrected chi connectivity index (χ4v) is 0.820. The summed E-state index contributed by atoms with van der Waals surface area (Å²) >= 11 is 0. The Morgan fingerprint density at radius 1 is 1.82 bits per heavy atom. The summed E-state index contributed by atoms with van der Waals surface area (Å²) in [6, 6.07) is 0. The van der Waals surface area contributed by atoms with E-state index in [4.69, 9.17) is 4.89 Å². The molecule has 0 fully saturated rings. The number of aromatic nitrogens is 2. The number of rotatable bonds is 3. The number of phosphoric ester groups is 1. The third-order valence-electron chi connectivity index (χ3n) is 0.973. The van der Waals surface area contributed by atoms with Crippen LogP contribution in [0.3, 0.4) is 0 Å². The molecular weight excluding hydrogens is 171 g/mol. The number of aromatic amines is 1. The number of hydrogen-bond acceptors (Lipinski definition) is 3. The molecule has 7 heteroatoms. The maximum absolute atomic E-state index is 10.1. The largest absolute Gasteiger partial charge is 0.756 e. The second-order valence-electron chi connectivity index (χ2n) is 1.85. The van der Waals surface area contributed by atoms with Crippen LogP contribution >= 0.6 is 7.82 Å². The third kappa shape index (κ3) is 3.29. The second-order valence-corrected chi connectivity index (χ2v) is 3.05. The summed E-state index contributed by atoms with van der Waals surface area (Å²) in [5.41, 5.74) is 0. The van der Waals surface area contributed by atoms with Crippen molar-refractivity contribution < 1.29 is 23.4 Å². The molecule has 1 atom stereocenters. The highest BCUT2D eigenvalue weighted by atomic mass is 31.2.